The number of carbonyl (C=O) groups excluding carboxylic acids is 1. The second-order valence-electron chi connectivity index (χ2n) is 16.7. The molecule has 0 aromatic rings. The zero-order valence-electron chi connectivity index (χ0n) is 36.7. The largest absolute Gasteiger partial charge is 0.472 e. The minimum Gasteiger partial charge on any atom is -0.391 e. The van der Waals surface area contributed by atoms with Gasteiger partial charge in [-0.25, -0.2) is 4.57 Å². The summed E-state index contributed by atoms with van der Waals surface area (Å²) in [5, 5.41) is 13.8. The van der Waals surface area contributed by atoms with Gasteiger partial charge in [0.15, 0.2) is 0 Å². The number of phosphoric acid groups is 1. The average Bonchev–Trinajstić information content (AvgIpc) is 3.17. The highest BCUT2D eigenvalue weighted by atomic mass is 31.2. The molecule has 0 aromatic heterocycles. The number of amides is 1. The van der Waals surface area contributed by atoms with Crippen LogP contribution in [-0.4, -0.2) is 47.8 Å². The third-order valence-corrected chi connectivity index (χ3v) is 12.2. The van der Waals surface area contributed by atoms with E-state index in [0.29, 0.717) is 12.8 Å². The van der Waals surface area contributed by atoms with Crippen LogP contribution in [0.5, 0.6) is 0 Å². The Kier molecular flexibility index (Phi) is 42.7. The van der Waals surface area contributed by atoms with Crippen molar-refractivity contribution in [1.29, 1.82) is 0 Å². The fourth-order valence-corrected chi connectivity index (χ4v) is 8.31. The van der Waals surface area contributed by atoms with E-state index in [1.165, 1.54) is 193 Å². The normalized spacial score (nSPS) is 13.9. The SMILES string of the molecule is CCCCCCCCCCCCCCCCCCCCCCCC(=O)N[C@@H](COP(=O)(O)OCCN)[C@H](O)CCCCCCCCCCCCCCCCC. The highest BCUT2D eigenvalue weighted by Crippen LogP contribution is 2.43. The van der Waals surface area contributed by atoms with Crippen molar-refractivity contribution in [2.45, 2.75) is 270 Å². The molecule has 0 saturated carbocycles. The van der Waals surface area contributed by atoms with E-state index in [-0.39, 0.29) is 25.7 Å². The Bertz CT molecular complexity index is 834. The molecule has 1 amide bonds. The van der Waals surface area contributed by atoms with Gasteiger partial charge in [0.1, 0.15) is 0 Å². The predicted molar refractivity (Wildman–Crippen MR) is 236 cm³/mol. The van der Waals surface area contributed by atoms with E-state index in [1.807, 2.05) is 0 Å². The molecule has 0 saturated heterocycles. The number of nitrogens with two attached hydrogens (primary N) is 1. The van der Waals surface area contributed by atoms with E-state index in [9.17, 15) is 19.4 Å². The molecular formula is C46H95N2O6P. The first-order valence-electron chi connectivity index (χ1n) is 24.2. The lowest BCUT2D eigenvalue weighted by Gasteiger charge is -2.25. The Labute approximate surface area is 342 Å². The number of hydrogen-bond donors (Lipinski definition) is 4. The Morgan fingerprint density at radius 1 is 0.527 bits per heavy atom. The number of hydrogen-bond acceptors (Lipinski definition) is 6. The molecule has 0 aliphatic heterocycles. The Balaban J connectivity index is 4.02. The van der Waals surface area contributed by atoms with Crippen LogP contribution in [0.1, 0.15) is 258 Å². The lowest BCUT2D eigenvalue weighted by atomic mass is 10.0. The van der Waals surface area contributed by atoms with Crippen LogP contribution in [0, 0.1) is 0 Å². The van der Waals surface area contributed by atoms with Crippen molar-refractivity contribution in [3.63, 3.8) is 0 Å². The first-order chi connectivity index (χ1) is 26.9. The van der Waals surface area contributed by atoms with Crippen molar-refractivity contribution in [2.75, 3.05) is 19.8 Å². The van der Waals surface area contributed by atoms with Gasteiger partial charge in [-0.2, -0.15) is 0 Å². The predicted octanol–water partition coefficient (Wildman–Crippen LogP) is 13.8. The molecule has 0 spiro atoms. The molecule has 0 bridgehead atoms. The van der Waals surface area contributed by atoms with Crippen LogP contribution >= 0.6 is 7.82 Å². The summed E-state index contributed by atoms with van der Waals surface area (Å²) in [7, 11) is -4.31. The lowest BCUT2D eigenvalue weighted by molar-refractivity contribution is -0.123. The molecule has 0 fully saturated rings. The maximum absolute atomic E-state index is 12.8. The molecule has 8 nitrogen and oxygen atoms in total. The molecule has 5 N–H and O–H groups in total. The summed E-state index contributed by atoms with van der Waals surface area (Å²) in [6, 6.07) is -0.768. The molecule has 1 unspecified atom stereocenters. The van der Waals surface area contributed by atoms with E-state index >= 15 is 0 Å². The van der Waals surface area contributed by atoms with Gasteiger partial charge >= 0.3 is 7.82 Å². The standard InChI is InChI=1S/C46H95N2O6P/c1-3-5-7-9-11-13-15-17-19-20-21-22-23-24-26-28-30-32-34-36-38-40-46(50)48-44(43-54-55(51,52)53-42-41-47)45(49)39-37-35-33-31-29-27-25-18-16-14-12-10-8-6-4-2/h44-45,49H,3-43,47H2,1-2H3,(H,48,50)(H,51,52)/t44-,45+/m0/s1. The van der Waals surface area contributed by atoms with E-state index in [2.05, 4.69) is 19.2 Å². The minimum atomic E-state index is -4.31. The fourth-order valence-electron chi connectivity index (χ4n) is 7.55. The first-order valence-corrected chi connectivity index (χ1v) is 25.6. The molecule has 55 heavy (non-hydrogen) atoms. The highest BCUT2D eigenvalue weighted by Gasteiger charge is 2.27. The van der Waals surface area contributed by atoms with E-state index in [0.717, 1.165) is 38.5 Å². The minimum absolute atomic E-state index is 0.0927. The van der Waals surface area contributed by atoms with Crippen LogP contribution in [0.25, 0.3) is 0 Å². The van der Waals surface area contributed by atoms with Crippen molar-refractivity contribution in [3.05, 3.63) is 0 Å². The molecule has 0 aliphatic rings. The van der Waals surface area contributed by atoms with Gasteiger partial charge in [0.25, 0.3) is 0 Å². The van der Waals surface area contributed by atoms with Gasteiger partial charge in [-0.3, -0.25) is 13.8 Å². The van der Waals surface area contributed by atoms with Gasteiger partial charge in [0, 0.05) is 13.0 Å². The summed E-state index contributed by atoms with van der Waals surface area (Å²) >= 11 is 0. The Morgan fingerprint density at radius 2 is 0.836 bits per heavy atom. The topological polar surface area (TPSA) is 131 Å². The van der Waals surface area contributed by atoms with Crippen molar-refractivity contribution >= 4 is 13.7 Å². The van der Waals surface area contributed by atoms with Crippen LogP contribution < -0.4 is 11.1 Å². The van der Waals surface area contributed by atoms with Crippen molar-refractivity contribution in [3.8, 4) is 0 Å². The van der Waals surface area contributed by atoms with Crippen LogP contribution in [0.4, 0.5) is 0 Å². The smallest absolute Gasteiger partial charge is 0.391 e. The number of aliphatic hydroxyl groups is 1. The molecule has 0 radical (unpaired) electrons. The van der Waals surface area contributed by atoms with Crippen molar-refractivity contribution < 1.29 is 28.4 Å². The second-order valence-corrected chi connectivity index (χ2v) is 18.1. The summed E-state index contributed by atoms with van der Waals surface area (Å²) < 4.78 is 22.2. The Hall–Kier alpha value is -0.500. The number of aliphatic hydroxyl groups excluding tert-OH is 1. The monoisotopic (exact) mass is 803 g/mol. The zero-order valence-corrected chi connectivity index (χ0v) is 37.6. The molecule has 3 atom stereocenters. The van der Waals surface area contributed by atoms with Gasteiger partial charge in [-0.1, -0.05) is 239 Å². The Morgan fingerprint density at radius 3 is 1.16 bits per heavy atom. The van der Waals surface area contributed by atoms with Gasteiger partial charge in [-0.15, -0.1) is 0 Å². The average molecular weight is 803 g/mol. The van der Waals surface area contributed by atoms with Crippen LogP contribution in [0.2, 0.25) is 0 Å². The van der Waals surface area contributed by atoms with E-state index in [4.69, 9.17) is 14.8 Å². The molecule has 0 aliphatic carbocycles. The van der Waals surface area contributed by atoms with Gasteiger partial charge < -0.3 is 21.1 Å². The summed E-state index contributed by atoms with van der Waals surface area (Å²) in [6.45, 7) is 4.25. The fraction of sp³-hybridized carbons (Fsp3) is 0.978. The molecule has 0 heterocycles. The van der Waals surface area contributed by atoms with Crippen LogP contribution in [0.3, 0.4) is 0 Å². The highest BCUT2D eigenvalue weighted by molar-refractivity contribution is 7.47. The molecule has 330 valence electrons. The van der Waals surface area contributed by atoms with Gasteiger partial charge in [-0.05, 0) is 12.8 Å². The number of unbranched alkanes of at least 4 members (excludes halogenated alkanes) is 34. The van der Waals surface area contributed by atoms with Gasteiger partial charge in [0.05, 0.1) is 25.4 Å². The molecule has 0 aromatic carbocycles. The first kappa shape index (κ1) is 54.5. The maximum atomic E-state index is 12.8. The van der Waals surface area contributed by atoms with Crippen molar-refractivity contribution in [1.82, 2.24) is 5.32 Å². The van der Waals surface area contributed by atoms with E-state index in [1.54, 1.807) is 0 Å². The summed E-state index contributed by atoms with van der Waals surface area (Å²) in [4.78, 5) is 22.8. The van der Waals surface area contributed by atoms with Crippen molar-refractivity contribution in [2.24, 2.45) is 5.73 Å². The molecule has 9 heteroatoms. The molecule has 0 rings (SSSR count). The summed E-state index contributed by atoms with van der Waals surface area (Å²) in [5.41, 5.74) is 5.39. The summed E-state index contributed by atoms with van der Waals surface area (Å²) in [6.07, 6.45) is 46.9. The van der Waals surface area contributed by atoms with Gasteiger partial charge in [0.2, 0.25) is 5.91 Å². The zero-order chi connectivity index (χ0) is 40.3. The van der Waals surface area contributed by atoms with Crippen LogP contribution in [-0.2, 0) is 18.4 Å². The number of rotatable bonds is 46. The number of carbonyl (C=O) groups is 1. The third kappa shape index (κ3) is 41.5. The number of nitrogens with one attached hydrogen (secondary N) is 1. The third-order valence-electron chi connectivity index (χ3n) is 11.2. The summed E-state index contributed by atoms with van der Waals surface area (Å²) in [5.74, 6) is -0.155. The second kappa shape index (κ2) is 43.1. The number of phosphoric ester groups is 1. The molecular weight excluding hydrogens is 707 g/mol. The quantitative estimate of drug-likeness (QED) is 0.0356. The van der Waals surface area contributed by atoms with E-state index < -0.39 is 20.0 Å². The van der Waals surface area contributed by atoms with Crippen LogP contribution in [0.15, 0.2) is 0 Å². The lowest BCUT2D eigenvalue weighted by Crippen LogP contribution is -2.46. The maximum Gasteiger partial charge on any atom is 0.472 e.